The fourth-order valence-corrected chi connectivity index (χ4v) is 3.26. The number of amides is 1. The number of nitrogens with one attached hydrogen (secondary N) is 1. The minimum atomic E-state index is -1.42. The van der Waals surface area contributed by atoms with Crippen LogP contribution in [0.2, 0.25) is 0 Å². The average Bonchev–Trinajstić information content (AvgIpc) is 2.80. The SMILES string of the molecule is O=C(Nc1cc(-c2ccccc2O)ccc1C(=O)[O-])c1cncc(-c2ccccc2)c1.[Na+]. The Morgan fingerprint density at radius 3 is 2.25 bits per heavy atom. The van der Waals surface area contributed by atoms with E-state index in [1.54, 1.807) is 36.5 Å². The van der Waals surface area contributed by atoms with Gasteiger partial charge in [0.15, 0.2) is 0 Å². The van der Waals surface area contributed by atoms with Gasteiger partial charge >= 0.3 is 29.6 Å². The number of phenols is 1. The van der Waals surface area contributed by atoms with E-state index in [0.717, 1.165) is 11.1 Å². The molecule has 1 amide bonds. The number of aromatic nitrogens is 1. The molecule has 0 bridgehead atoms. The first kappa shape index (κ1) is 23.2. The van der Waals surface area contributed by atoms with E-state index in [1.165, 1.54) is 24.4 Å². The van der Waals surface area contributed by atoms with Crippen LogP contribution in [0.1, 0.15) is 20.7 Å². The predicted octanol–water partition coefficient (Wildman–Crippen LogP) is 0.741. The summed E-state index contributed by atoms with van der Waals surface area (Å²) in [5, 5.41) is 24.3. The van der Waals surface area contributed by atoms with Crippen LogP contribution in [0.4, 0.5) is 5.69 Å². The number of anilines is 1. The number of carboxylic acids is 1. The molecule has 4 rings (SSSR count). The Kier molecular flexibility index (Phi) is 7.43. The number of aromatic hydroxyl groups is 1. The molecule has 0 aliphatic heterocycles. The Morgan fingerprint density at radius 1 is 0.812 bits per heavy atom. The number of phenolic OH excluding ortho intramolecular Hbond substituents is 1. The van der Waals surface area contributed by atoms with Crippen molar-refractivity contribution in [1.29, 1.82) is 0 Å². The summed E-state index contributed by atoms with van der Waals surface area (Å²) >= 11 is 0. The molecule has 0 aliphatic rings. The van der Waals surface area contributed by atoms with Gasteiger partial charge in [-0.05, 0) is 29.3 Å². The largest absolute Gasteiger partial charge is 1.00 e. The number of hydrogen-bond acceptors (Lipinski definition) is 5. The van der Waals surface area contributed by atoms with Crippen LogP contribution < -0.4 is 40.0 Å². The van der Waals surface area contributed by atoms with Crippen molar-refractivity contribution in [2.45, 2.75) is 0 Å². The molecular formula is C25H17N2NaO4. The molecule has 7 heteroatoms. The zero-order valence-electron chi connectivity index (χ0n) is 17.3. The Labute approximate surface area is 206 Å². The molecule has 0 atom stereocenters. The zero-order valence-corrected chi connectivity index (χ0v) is 19.3. The molecule has 32 heavy (non-hydrogen) atoms. The summed E-state index contributed by atoms with van der Waals surface area (Å²) in [5.41, 5.74) is 2.90. The van der Waals surface area contributed by atoms with Crippen molar-refractivity contribution in [1.82, 2.24) is 4.98 Å². The van der Waals surface area contributed by atoms with E-state index in [4.69, 9.17) is 0 Å². The number of rotatable bonds is 5. The van der Waals surface area contributed by atoms with Gasteiger partial charge in [-0.2, -0.15) is 0 Å². The fraction of sp³-hybridized carbons (Fsp3) is 0. The van der Waals surface area contributed by atoms with E-state index in [9.17, 15) is 19.8 Å². The Morgan fingerprint density at radius 2 is 1.53 bits per heavy atom. The Bertz CT molecular complexity index is 1280. The molecule has 6 nitrogen and oxygen atoms in total. The molecule has 0 radical (unpaired) electrons. The van der Waals surface area contributed by atoms with Gasteiger partial charge in [-0.3, -0.25) is 9.78 Å². The molecule has 3 aromatic carbocycles. The third-order valence-electron chi connectivity index (χ3n) is 4.81. The Hall–Kier alpha value is -3.45. The molecule has 152 valence electrons. The van der Waals surface area contributed by atoms with Gasteiger partial charge in [0, 0.05) is 29.1 Å². The van der Waals surface area contributed by atoms with Gasteiger partial charge in [0.1, 0.15) is 5.75 Å². The van der Waals surface area contributed by atoms with Crippen LogP contribution in [-0.4, -0.2) is 22.0 Å². The maximum Gasteiger partial charge on any atom is 1.00 e. The van der Waals surface area contributed by atoms with E-state index in [1.807, 2.05) is 30.3 Å². The minimum absolute atomic E-state index is 0. The van der Waals surface area contributed by atoms with Crippen molar-refractivity contribution >= 4 is 17.6 Å². The number of carbonyl (C=O) groups excluding carboxylic acids is 2. The third-order valence-corrected chi connectivity index (χ3v) is 4.81. The van der Waals surface area contributed by atoms with Crippen LogP contribution in [0, 0.1) is 0 Å². The van der Waals surface area contributed by atoms with Crippen LogP contribution in [0.25, 0.3) is 22.3 Å². The number of pyridine rings is 1. The van der Waals surface area contributed by atoms with Crippen LogP contribution in [0.5, 0.6) is 5.75 Å². The molecule has 0 spiro atoms. The van der Waals surface area contributed by atoms with Gasteiger partial charge in [-0.25, -0.2) is 0 Å². The number of carboxylic acid groups (broad SMARTS) is 1. The van der Waals surface area contributed by atoms with Crippen molar-refractivity contribution in [2.75, 3.05) is 5.32 Å². The van der Waals surface area contributed by atoms with E-state index in [2.05, 4.69) is 10.3 Å². The molecule has 4 aromatic rings. The summed E-state index contributed by atoms with van der Waals surface area (Å²) in [4.78, 5) is 28.6. The maximum atomic E-state index is 12.9. The number of para-hydroxylation sites is 1. The summed E-state index contributed by atoms with van der Waals surface area (Å²) in [6.07, 6.45) is 3.06. The first-order valence-electron chi connectivity index (χ1n) is 9.48. The van der Waals surface area contributed by atoms with Crippen LogP contribution in [0.15, 0.2) is 91.3 Å². The van der Waals surface area contributed by atoms with Gasteiger partial charge in [0.2, 0.25) is 0 Å². The van der Waals surface area contributed by atoms with Crippen molar-refractivity contribution < 1.29 is 49.4 Å². The summed E-state index contributed by atoms with van der Waals surface area (Å²) < 4.78 is 0. The van der Waals surface area contributed by atoms with Crippen molar-refractivity contribution in [3.8, 4) is 28.0 Å². The van der Waals surface area contributed by atoms with Crippen molar-refractivity contribution in [2.24, 2.45) is 0 Å². The number of nitrogens with zero attached hydrogens (tertiary/aromatic N) is 1. The average molecular weight is 432 g/mol. The number of aromatic carboxylic acids is 1. The standard InChI is InChI=1S/C25H18N2O4.Na/c28-23-9-5-4-8-20(23)17-10-11-21(25(30)31)22(13-17)27-24(29)19-12-18(14-26-15-19)16-6-2-1-3-7-16;/h1-15,28H,(H,27,29)(H,30,31);/q;+1/p-1. The molecule has 0 saturated carbocycles. The number of carbonyl (C=O) groups is 2. The normalized spacial score (nSPS) is 10.1. The second-order valence-electron chi connectivity index (χ2n) is 6.85. The molecule has 0 fully saturated rings. The van der Waals surface area contributed by atoms with Crippen molar-refractivity contribution in [3.05, 3.63) is 102 Å². The van der Waals surface area contributed by atoms with Gasteiger partial charge < -0.3 is 20.3 Å². The smallest absolute Gasteiger partial charge is 0.545 e. The Balaban J connectivity index is 0.00000289. The van der Waals surface area contributed by atoms with E-state index < -0.39 is 11.9 Å². The molecule has 1 heterocycles. The minimum Gasteiger partial charge on any atom is -0.545 e. The van der Waals surface area contributed by atoms with Crippen LogP contribution in [0.3, 0.4) is 0 Å². The summed E-state index contributed by atoms with van der Waals surface area (Å²) in [5.74, 6) is -1.89. The topological polar surface area (TPSA) is 102 Å². The summed E-state index contributed by atoms with van der Waals surface area (Å²) in [6, 6.07) is 22.2. The fourth-order valence-electron chi connectivity index (χ4n) is 3.26. The van der Waals surface area contributed by atoms with Gasteiger partial charge in [0.25, 0.3) is 5.91 Å². The molecule has 2 N–H and O–H groups in total. The second kappa shape index (κ2) is 10.2. The number of benzene rings is 3. The summed E-state index contributed by atoms with van der Waals surface area (Å²) in [7, 11) is 0. The molecular weight excluding hydrogens is 415 g/mol. The van der Waals surface area contributed by atoms with E-state index >= 15 is 0 Å². The third kappa shape index (κ3) is 5.06. The first-order valence-corrected chi connectivity index (χ1v) is 9.48. The number of hydrogen-bond donors (Lipinski definition) is 2. The van der Waals surface area contributed by atoms with Crippen molar-refractivity contribution in [3.63, 3.8) is 0 Å². The molecule has 0 unspecified atom stereocenters. The monoisotopic (exact) mass is 432 g/mol. The maximum absolute atomic E-state index is 12.9. The first-order chi connectivity index (χ1) is 15.0. The van der Waals surface area contributed by atoms with Gasteiger partial charge in [-0.1, -0.05) is 60.7 Å². The molecule has 1 aromatic heterocycles. The molecule has 0 aliphatic carbocycles. The van der Waals surface area contributed by atoms with E-state index in [0.29, 0.717) is 11.1 Å². The second-order valence-corrected chi connectivity index (χ2v) is 6.85. The van der Waals surface area contributed by atoms with E-state index in [-0.39, 0.29) is 52.1 Å². The quantitative estimate of drug-likeness (QED) is 0.453. The summed E-state index contributed by atoms with van der Waals surface area (Å²) in [6.45, 7) is 0. The zero-order chi connectivity index (χ0) is 21.8. The predicted molar refractivity (Wildman–Crippen MR) is 115 cm³/mol. The van der Waals surface area contributed by atoms with Gasteiger partial charge in [0.05, 0.1) is 17.2 Å². The molecule has 0 saturated heterocycles. The van der Waals surface area contributed by atoms with Gasteiger partial charge in [-0.15, -0.1) is 0 Å². The van der Waals surface area contributed by atoms with Crippen LogP contribution in [-0.2, 0) is 0 Å². The van der Waals surface area contributed by atoms with Crippen LogP contribution >= 0.6 is 0 Å².